The number of para-hydroxylation sites is 1. The Morgan fingerprint density at radius 2 is 2.06 bits per heavy atom. The lowest BCUT2D eigenvalue weighted by Crippen LogP contribution is -1.92. The fourth-order valence-corrected chi connectivity index (χ4v) is 1.43. The molecule has 0 spiro atoms. The number of nitrogens with zero attached hydrogens (tertiary/aromatic N) is 2. The minimum absolute atomic E-state index is 0.0618. The van der Waals surface area contributed by atoms with Gasteiger partial charge in [-0.2, -0.15) is 0 Å². The highest BCUT2D eigenvalue weighted by Crippen LogP contribution is 2.14. The molecule has 0 aliphatic rings. The predicted octanol–water partition coefficient (Wildman–Crippen LogP) is 1.19. The molecule has 16 heavy (non-hydrogen) atoms. The molecule has 6 nitrogen and oxygen atoms in total. The highest BCUT2D eigenvalue weighted by molar-refractivity contribution is 7.78. The molecule has 1 unspecified atom stereocenters. The Morgan fingerprint density at radius 3 is 2.75 bits per heavy atom. The Labute approximate surface area is 94.0 Å². The van der Waals surface area contributed by atoms with Crippen LogP contribution in [-0.4, -0.2) is 19.0 Å². The molecule has 0 aliphatic carbocycles. The minimum Gasteiger partial charge on any atom is -0.772 e. The SMILES string of the molecule is O=S([O-])Cc1nnc(Nc2ccccc2)o1. The predicted molar refractivity (Wildman–Crippen MR) is 56.6 cm³/mol. The molecule has 0 aliphatic heterocycles. The van der Waals surface area contributed by atoms with Gasteiger partial charge in [0.05, 0.1) is 5.75 Å². The monoisotopic (exact) mass is 238 g/mol. The summed E-state index contributed by atoms with van der Waals surface area (Å²) in [6.45, 7) is 0. The fourth-order valence-electron chi connectivity index (χ4n) is 1.11. The smallest absolute Gasteiger partial charge is 0.320 e. The number of benzene rings is 1. The molecule has 0 saturated heterocycles. The summed E-state index contributed by atoms with van der Waals surface area (Å²) in [6, 6.07) is 9.42. The number of rotatable bonds is 4. The second-order valence-electron chi connectivity index (χ2n) is 2.94. The average Bonchev–Trinajstić information content (AvgIpc) is 2.66. The third kappa shape index (κ3) is 2.88. The van der Waals surface area contributed by atoms with Crippen molar-refractivity contribution in [3.63, 3.8) is 0 Å². The number of aromatic nitrogens is 2. The van der Waals surface area contributed by atoms with E-state index < -0.39 is 11.1 Å². The summed E-state index contributed by atoms with van der Waals surface area (Å²) >= 11 is -2.22. The van der Waals surface area contributed by atoms with Crippen LogP contribution in [0.1, 0.15) is 5.89 Å². The van der Waals surface area contributed by atoms with Gasteiger partial charge in [0.2, 0.25) is 5.89 Å². The second kappa shape index (κ2) is 4.86. The van der Waals surface area contributed by atoms with E-state index in [9.17, 15) is 8.76 Å². The van der Waals surface area contributed by atoms with Crippen molar-refractivity contribution in [2.75, 3.05) is 5.32 Å². The average molecular weight is 238 g/mol. The number of anilines is 2. The Bertz CT molecular complexity index is 486. The molecule has 1 N–H and O–H groups in total. The van der Waals surface area contributed by atoms with E-state index >= 15 is 0 Å². The van der Waals surface area contributed by atoms with Crippen LogP contribution in [0.15, 0.2) is 34.7 Å². The van der Waals surface area contributed by atoms with Crippen LogP contribution in [0.4, 0.5) is 11.7 Å². The summed E-state index contributed by atoms with van der Waals surface area (Å²) in [7, 11) is 0. The third-order valence-corrected chi connectivity index (χ3v) is 2.22. The van der Waals surface area contributed by atoms with Crippen LogP contribution in [0.2, 0.25) is 0 Å². The van der Waals surface area contributed by atoms with Crippen LogP contribution in [-0.2, 0) is 16.8 Å². The largest absolute Gasteiger partial charge is 0.772 e. The van der Waals surface area contributed by atoms with Crippen molar-refractivity contribution in [2.45, 2.75) is 5.75 Å². The summed E-state index contributed by atoms with van der Waals surface area (Å²) < 4.78 is 25.8. The lowest BCUT2D eigenvalue weighted by atomic mass is 10.3. The van der Waals surface area contributed by atoms with Crippen molar-refractivity contribution >= 4 is 22.8 Å². The molecule has 7 heteroatoms. The molecule has 1 atom stereocenters. The highest BCUT2D eigenvalue weighted by atomic mass is 32.2. The molecule has 1 aromatic carbocycles. The van der Waals surface area contributed by atoms with Crippen LogP contribution in [0, 0.1) is 0 Å². The van der Waals surface area contributed by atoms with Gasteiger partial charge in [-0.1, -0.05) is 23.3 Å². The maximum absolute atomic E-state index is 10.4. The van der Waals surface area contributed by atoms with Crippen molar-refractivity contribution in [3.8, 4) is 0 Å². The normalized spacial score (nSPS) is 12.3. The Hall–Kier alpha value is -1.73. The van der Waals surface area contributed by atoms with E-state index in [1.54, 1.807) is 0 Å². The number of nitrogens with one attached hydrogen (secondary N) is 1. The Kier molecular flexibility index (Phi) is 3.28. The van der Waals surface area contributed by atoms with Crippen LogP contribution in [0.5, 0.6) is 0 Å². The summed E-state index contributed by atoms with van der Waals surface area (Å²) in [6.07, 6.45) is 0. The van der Waals surface area contributed by atoms with Crippen LogP contribution in [0.3, 0.4) is 0 Å². The van der Waals surface area contributed by atoms with E-state index in [0.29, 0.717) is 0 Å². The molecule has 2 rings (SSSR count). The molecule has 0 amide bonds. The first-order chi connectivity index (χ1) is 7.74. The molecule has 1 aromatic heterocycles. The van der Waals surface area contributed by atoms with Gasteiger partial charge in [-0.15, -0.1) is 5.10 Å². The molecule has 0 fully saturated rings. The van der Waals surface area contributed by atoms with E-state index in [-0.39, 0.29) is 17.7 Å². The second-order valence-corrected chi connectivity index (χ2v) is 3.84. The summed E-state index contributed by atoms with van der Waals surface area (Å²) in [5.41, 5.74) is 0.793. The van der Waals surface area contributed by atoms with Crippen LogP contribution >= 0.6 is 0 Å². The molecular weight excluding hydrogens is 230 g/mol. The van der Waals surface area contributed by atoms with Gasteiger partial charge < -0.3 is 14.3 Å². The molecular formula is C9H8N3O3S-. The van der Waals surface area contributed by atoms with Gasteiger partial charge >= 0.3 is 6.01 Å². The number of hydrogen-bond donors (Lipinski definition) is 1. The van der Waals surface area contributed by atoms with Gasteiger partial charge in [-0.3, -0.25) is 4.21 Å². The van der Waals surface area contributed by atoms with E-state index in [4.69, 9.17) is 4.42 Å². The first-order valence-corrected chi connectivity index (χ1v) is 5.69. The number of hydrogen-bond acceptors (Lipinski definition) is 6. The molecule has 2 aromatic rings. The first kappa shape index (κ1) is 10.8. The van der Waals surface area contributed by atoms with Crippen molar-refractivity contribution in [2.24, 2.45) is 0 Å². The zero-order valence-electron chi connectivity index (χ0n) is 8.12. The summed E-state index contributed by atoms with van der Waals surface area (Å²) in [4.78, 5) is 0. The van der Waals surface area contributed by atoms with E-state index in [1.165, 1.54) is 0 Å². The van der Waals surface area contributed by atoms with Crippen molar-refractivity contribution in [1.82, 2.24) is 10.2 Å². The van der Waals surface area contributed by atoms with Gasteiger partial charge in [0.25, 0.3) is 0 Å². The summed E-state index contributed by atoms with van der Waals surface area (Å²) in [5, 5.41) is 10.1. The van der Waals surface area contributed by atoms with E-state index in [1.807, 2.05) is 30.3 Å². The maximum Gasteiger partial charge on any atom is 0.320 e. The topological polar surface area (TPSA) is 91.1 Å². The third-order valence-electron chi connectivity index (χ3n) is 1.73. The van der Waals surface area contributed by atoms with Gasteiger partial charge in [-0.25, -0.2) is 0 Å². The minimum atomic E-state index is -2.22. The summed E-state index contributed by atoms with van der Waals surface area (Å²) in [5.74, 6) is -0.213. The molecule has 0 radical (unpaired) electrons. The Balaban J connectivity index is 2.06. The quantitative estimate of drug-likeness (QED) is 0.804. The standard InChI is InChI=1S/C9H9N3O3S/c13-16(14)6-8-11-12-9(15-8)10-7-4-2-1-3-5-7/h1-5H,6H2,(H,10,12)(H,13,14)/p-1. The Morgan fingerprint density at radius 1 is 1.31 bits per heavy atom. The molecule has 84 valence electrons. The van der Waals surface area contributed by atoms with Crippen LogP contribution in [0.25, 0.3) is 0 Å². The van der Waals surface area contributed by atoms with Crippen molar-refractivity contribution in [3.05, 3.63) is 36.2 Å². The first-order valence-electron chi connectivity index (χ1n) is 4.44. The highest BCUT2D eigenvalue weighted by Gasteiger charge is 2.05. The maximum atomic E-state index is 10.4. The van der Waals surface area contributed by atoms with E-state index in [0.717, 1.165) is 5.69 Å². The fraction of sp³-hybridized carbons (Fsp3) is 0.111. The molecule has 0 bridgehead atoms. The molecule has 1 heterocycles. The van der Waals surface area contributed by atoms with Gasteiger partial charge in [-0.05, 0) is 23.2 Å². The van der Waals surface area contributed by atoms with Crippen molar-refractivity contribution < 1.29 is 13.2 Å². The zero-order chi connectivity index (χ0) is 11.4. The zero-order valence-corrected chi connectivity index (χ0v) is 8.94. The van der Waals surface area contributed by atoms with Gasteiger partial charge in [0, 0.05) is 5.69 Å². The molecule has 0 saturated carbocycles. The lowest BCUT2D eigenvalue weighted by Gasteiger charge is -2.00. The van der Waals surface area contributed by atoms with Crippen molar-refractivity contribution in [1.29, 1.82) is 0 Å². The van der Waals surface area contributed by atoms with Crippen LogP contribution < -0.4 is 5.32 Å². The van der Waals surface area contributed by atoms with Gasteiger partial charge in [0.15, 0.2) is 0 Å². The van der Waals surface area contributed by atoms with E-state index in [2.05, 4.69) is 15.5 Å². The lowest BCUT2D eigenvalue weighted by molar-refractivity contribution is 0.503. The van der Waals surface area contributed by atoms with Gasteiger partial charge in [0.1, 0.15) is 0 Å².